The molecule has 0 aliphatic carbocycles. The zero-order valence-corrected chi connectivity index (χ0v) is 8.13. The highest BCUT2D eigenvalue weighted by Gasteiger charge is 2.29. The number of carbonyl (C=O) groups excluding carboxylic acids is 1. The molecule has 0 aromatic rings. The molecule has 0 amide bonds. The Kier molecular flexibility index (Phi) is 4.16. The minimum atomic E-state index is -0.120. The molecule has 1 saturated heterocycles. The Balaban J connectivity index is 2.53. The van der Waals surface area contributed by atoms with Gasteiger partial charge in [0.05, 0.1) is 0 Å². The maximum Gasteiger partial charge on any atom is 0.126 e. The first kappa shape index (κ1) is 10.5. The first-order valence-corrected chi connectivity index (χ1v) is 4.98. The molecular weight excluding hydrogens is 164 g/mol. The quantitative estimate of drug-likeness (QED) is 0.492. The van der Waals surface area contributed by atoms with E-state index >= 15 is 0 Å². The van der Waals surface area contributed by atoms with Crippen molar-refractivity contribution in [2.24, 2.45) is 5.41 Å². The third kappa shape index (κ3) is 2.96. The largest absolute Gasteiger partial charge is 0.381 e. The lowest BCUT2D eigenvalue weighted by molar-refractivity contribution is -0.117. The average Bonchev–Trinajstić information content (AvgIpc) is 2.41. The minimum Gasteiger partial charge on any atom is -0.381 e. The van der Waals surface area contributed by atoms with Crippen LogP contribution in [0.1, 0.15) is 32.1 Å². The predicted octanol–water partition coefficient (Wildman–Crippen LogP) is 2.34. The zero-order chi connectivity index (χ0) is 9.57. The summed E-state index contributed by atoms with van der Waals surface area (Å²) in [5.74, 6) is 0. The standard InChI is InChI=1S/C11H18O2/c1-2-3-5-11(10-12)6-4-8-13-9-7-11/h2,10H,1,3-9H2. The summed E-state index contributed by atoms with van der Waals surface area (Å²) in [5.41, 5.74) is -0.120. The highest BCUT2D eigenvalue weighted by Crippen LogP contribution is 2.33. The lowest BCUT2D eigenvalue weighted by atomic mass is 9.78. The SMILES string of the molecule is C=CCCC1(C=O)CCCOCC1. The Morgan fingerprint density at radius 2 is 2.23 bits per heavy atom. The molecule has 74 valence electrons. The molecule has 2 heteroatoms. The fourth-order valence-corrected chi connectivity index (χ4v) is 1.85. The van der Waals surface area contributed by atoms with Crippen LogP contribution < -0.4 is 0 Å². The smallest absolute Gasteiger partial charge is 0.126 e. The van der Waals surface area contributed by atoms with E-state index in [9.17, 15) is 4.79 Å². The van der Waals surface area contributed by atoms with E-state index in [1.54, 1.807) is 0 Å². The fraction of sp³-hybridized carbons (Fsp3) is 0.727. The Morgan fingerprint density at radius 3 is 2.92 bits per heavy atom. The number of aldehydes is 1. The molecule has 1 atom stereocenters. The van der Waals surface area contributed by atoms with Crippen LogP contribution in [-0.4, -0.2) is 19.5 Å². The van der Waals surface area contributed by atoms with Gasteiger partial charge in [-0.05, 0) is 32.1 Å². The number of allylic oxidation sites excluding steroid dienone is 1. The molecule has 1 heterocycles. The maximum absolute atomic E-state index is 11.1. The Labute approximate surface area is 80.0 Å². The molecule has 0 saturated carbocycles. The van der Waals surface area contributed by atoms with E-state index in [0.29, 0.717) is 0 Å². The summed E-state index contributed by atoms with van der Waals surface area (Å²) in [6.07, 6.45) is 7.74. The molecule has 1 unspecified atom stereocenters. The predicted molar refractivity (Wildman–Crippen MR) is 52.6 cm³/mol. The minimum absolute atomic E-state index is 0.120. The second-order valence-corrected chi connectivity index (χ2v) is 3.77. The molecule has 1 rings (SSSR count). The molecule has 1 aliphatic heterocycles. The van der Waals surface area contributed by atoms with Crippen LogP contribution in [0.25, 0.3) is 0 Å². The summed E-state index contributed by atoms with van der Waals surface area (Å²) in [6, 6.07) is 0. The second kappa shape index (κ2) is 5.18. The van der Waals surface area contributed by atoms with Gasteiger partial charge in [-0.2, -0.15) is 0 Å². The van der Waals surface area contributed by atoms with Gasteiger partial charge in [0.25, 0.3) is 0 Å². The fourth-order valence-electron chi connectivity index (χ4n) is 1.85. The van der Waals surface area contributed by atoms with Crippen LogP contribution in [0, 0.1) is 5.41 Å². The summed E-state index contributed by atoms with van der Waals surface area (Å²) in [7, 11) is 0. The van der Waals surface area contributed by atoms with Gasteiger partial charge >= 0.3 is 0 Å². The van der Waals surface area contributed by atoms with Crippen LogP contribution in [0.3, 0.4) is 0 Å². The van der Waals surface area contributed by atoms with Crippen molar-refractivity contribution in [3.05, 3.63) is 12.7 Å². The van der Waals surface area contributed by atoms with E-state index in [4.69, 9.17) is 4.74 Å². The Morgan fingerprint density at radius 1 is 1.38 bits per heavy atom. The summed E-state index contributed by atoms with van der Waals surface area (Å²) >= 11 is 0. The van der Waals surface area contributed by atoms with Gasteiger partial charge < -0.3 is 9.53 Å². The van der Waals surface area contributed by atoms with Gasteiger partial charge in [-0.25, -0.2) is 0 Å². The highest BCUT2D eigenvalue weighted by atomic mass is 16.5. The zero-order valence-electron chi connectivity index (χ0n) is 8.13. The molecule has 0 aromatic heterocycles. The van der Waals surface area contributed by atoms with E-state index in [-0.39, 0.29) is 5.41 Å². The van der Waals surface area contributed by atoms with Crippen LogP contribution in [0.15, 0.2) is 12.7 Å². The van der Waals surface area contributed by atoms with Gasteiger partial charge in [-0.3, -0.25) is 0 Å². The highest BCUT2D eigenvalue weighted by molar-refractivity contribution is 5.59. The second-order valence-electron chi connectivity index (χ2n) is 3.77. The van der Waals surface area contributed by atoms with Crippen LogP contribution in [0.4, 0.5) is 0 Å². The van der Waals surface area contributed by atoms with Crippen molar-refractivity contribution in [1.29, 1.82) is 0 Å². The monoisotopic (exact) mass is 182 g/mol. The summed E-state index contributed by atoms with van der Waals surface area (Å²) in [5, 5.41) is 0. The molecule has 0 bridgehead atoms. The number of ether oxygens (including phenoxy) is 1. The summed E-state index contributed by atoms with van der Waals surface area (Å²) < 4.78 is 5.35. The first-order chi connectivity index (χ1) is 6.33. The van der Waals surface area contributed by atoms with Crippen molar-refractivity contribution >= 4 is 6.29 Å². The normalized spacial score (nSPS) is 29.2. The summed E-state index contributed by atoms with van der Waals surface area (Å²) in [4.78, 5) is 11.1. The lowest BCUT2D eigenvalue weighted by Crippen LogP contribution is -2.22. The van der Waals surface area contributed by atoms with Gasteiger partial charge in [0.2, 0.25) is 0 Å². The van der Waals surface area contributed by atoms with Gasteiger partial charge in [0.1, 0.15) is 6.29 Å². The number of hydrogen-bond donors (Lipinski definition) is 0. The van der Waals surface area contributed by atoms with E-state index in [1.807, 2.05) is 6.08 Å². The molecule has 0 aromatic carbocycles. The number of carbonyl (C=O) groups is 1. The molecule has 2 nitrogen and oxygen atoms in total. The average molecular weight is 182 g/mol. The van der Waals surface area contributed by atoms with Crippen molar-refractivity contribution in [3.8, 4) is 0 Å². The molecule has 0 spiro atoms. The van der Waals surface area contributed by atoms with Gasteiger partial charge in [0.15, 0.2) is 0 Å². The van der Waals surface area contributed by atoms with E-state index < -0.39 is 0 Å². The van der Waals surface area contributed by atoms with Crippen molar-refractivity contribution in [2.75, 3.05) is 13.2 Å². The number of rotatable bonds is 4. The van der Waals surface area contributed by atoms with E-state index in [0.717, 1.165) is 51.6 Å². The van der Waals surface area contributed by atoms with Gasteiger partial charge in [-0.1, -0.05) is 6.08 Å². The molecule has 13 heavy (non-hydrogen) atoms. The molecule has 1 aliphatic rings. The Bertz CT molecular complexity index is 167. The third-order valence-electron chi connectivity index (χ3n) is 2.80. The molecule has 1 fully saturated rings. The molecular formula is C11H18O2. The van der Waals surface area contributed by atoms with E-state index in [2.05, 4.69) is 6.58 Å². The van der Waals surface area contributed by atoms with Crippen LogP contribution in [-0.2, 0) is 9.53 Å². The van der Waals surface area contributed by atoms with E-state index in [1.165, 1.54) is 0 Å². The number of hydrogen-bond acceptors (Lipinski definition) is 2. The van der Waals surface area contributed by atoms with Crippen LogP contribution >= 0.6 is 0 Å². The Hall–Kier alpha value is -0.630. The van der Waals surface area contributed by atoms with Gasteiger partial charge in [-0.15, -0.1) is 6.58 Å². The maximum atomic E-state index is 11.1. The lowest BCUT2D eigenvalue weighted by Gasteiger charge is -2.24. The van der Waals surface area contributed by atoms with Crippen molar-refractivity contribution in [3.63, 3.8) is 0 Å². The summed E-state index contributed by atoms with van der Waals surface area (Å²) in [6.45, 7) is 5.23. The van der Waals surface area contributed by atoms with Crippen LogP contribution in [0.5, 0.6) is 0 Å². The van der Waals surface area contributed by atoms with Crippen molar-refractivity contribution in [2.45, 2.75) is 32.1 Å². The van der Waals surface area contributed by atoms with Crippen molar-refractivity contribution in [1.82, 2.24) is 0 Å². The first-order valence-electron chi connectivity index (χ1n) is 4.98. The van der Waals surface area contributed by atoms with Crippen molar-refractivity contribution < 1.29 is 9.53 Å². The molecule has 0 N–H and O–H groups in total. The van der Waals surface area contributed by atoms with Gasteiger partial charge in [0, 0.05) is 18.6 Å². The molecule has 0 radical (unpaired) electrons. The third-order valence-corrected chi connectivity index (χ3v) is 2.80. The van der Waals surface area contributed by atoms with Crippen LogP contribution in [0.2, 0.25) is 0 Å². The topological polar surface area (TPSA) is 26.3 Å².